The third kappa shape index (κ3) is 2.30. The topological polar surface area (TPSA) is 18.5 Å². The van der Waals surface area contributed by atoms with E-state index in [-0.39, 0.29) is 0 Å². The van der Waals surface area contributed by atoms with E-state index in [9.17, 15) is 0 Å². The largest absolute Gasteiger partial charge is 0.498 e. The first-order valence-electron chi connectivity index (χ1n) is 5.71. The van der Waals surface area contributed by atoms with Crippen LogP contribution in [0.3, 0.4) is 0 Å². The van der Waals surface area contributed by atoms with E-state index in [0.29, 0.717) is 12.2 Å². The molecular weight excluding hydrogens is 176 g/mol. The predicted molar refractivity (Wildman–Crippen MR) is 56.0 cm³/mol. The Bertz CT molecular complexity index is 214. The average Bonchev–Trinajstić information content (AvgIpc) is 2.21. The third-order valence-electron chi connectivity index (χ3n) is 3.21. The number of hydrogen-bond donors (Lipinski definition) is 0. The van der Waals surface area contributed by atoms with Gasteiger partial charge >= 0.3 is 0 Å². The fraction of sp³-hybridized carbons (Fsp3) is 0.833. The molecule has 0 N–H and O–H groups in total. The van der Waals surface area contributed by atoms with Crippen LogP contribution in [-0.4, -0.2) is 18.8 Å². The molecule has 2 nitrogen and oxygen atoms in total. The van der Waals surface area contributed by atoms with Crippen LogP contribution < -0.4 is 0 Å². The van der Waals surface area contributed by atoms with Gasteiger partial charge in [-0.25, -0.2) is 0 Å². The fourth-order valence-electron chi connectivity index (χ4n) is 2.11. The zero-order chi connectivity index (χ0) is 9.97. The molecule has 1 fully saturated rings. The Morgan fingerprint density at radius 2 is 2.07 bits per heavy atom. The van der Waals surface area contributed by atoms with Gasteiger partial charge in [-0.05, 0) is 44.1 Å². The fourth-order valence-corrected chi connectivity index (χ4v) is 2.11. The molecule has 0 bridgehead atoms. The Morgan fingerprint density at radius 3 is 2.64 bits per heavy atom. The molecule has 2 rings (SSSR count). The standard InChI is InChI=1S/C12H20O2/c1-9-3-6-12(14-7-9)11-5-4-10(2)13-8-11/h8-10,12H,3-7H2,1-2H3. The predicted octanol–water partition coefficient (Wildman–Crippen LogP) is 2.88. The van der Waals surface area contributed by atoms with Crippen molar-refractivity contribution in [3.8, 4) is 0 Å². The molecule has 2 heteroatoms. The van der Waals surface area contributed by atoms with Crippen molar-refractivity contribution in [2.75, 3.05) is 6.61 Å². The van der Waals surface area contributed by atoms with Crippen LogP contribution in [0.25, 0.3) is 0 Å². The van der Waals surface area contributed by atoms with Crippen molar-refractivity contribution in [2.24, 2.45) is 5.92 Å². The minimum atomic E-state index is 0.346. The van der Waals surface area contributed by atoms with Gasteiger partial charge < -0.3 is 9.47 Å². The summed E-state index contributed by atoms with van der Waals surface area (Å²) in [4.78, 5) is 0. The molecule has 0 saturated carbocycles. The normalized spacial score (nSPS) is 38.7. The molecule has 0 aromatic rings. The molecule has 2 heterocycles. The lowest BCUT2D eigenvalue weighted by atomic mass is 9.93. The quantitative estimate of drug-likeness (QED) is 0.642. The average molecular weight is 196 g/mol. The van der Waals surface area contributed by atoms with Crippen LogP contribution >= 0.6 is 0 Å². The molecule has 2 aliphatic rings. The van der Waals surface area contributed by atoms with E-state index >= 15 is 0 Å². The Morgan fingerprint density at radius 1 is 1.21 bits per heavy atom. The summed E-state index contributed by atoms with van der Waals surface area (Å²) in [6, 6.07) is 0. The van der Waals surface area contributed by atoms with Crippen molar-refractivity contribution in [2.45, 2.75) is 51.7 Å². The van der Waals surface area contributed by atoms with Crippen molar-refractivity contribution in [1.82, 2.24) is 0 Å². The number of hydrogen-bond acceptors (Lipinski definition) is 2. The number of ether oxygens (including phenoxy) is 2. The van der Waals surface area contributed by atoms with Gasteiger partial charge in [0, 0.05) is 6.61 Å². The maximum atomic E-state index is 5.82. The molecule has 0 spiro atoms. The van der Waals surface area contributed by atoms with E-state index in [2.05, 4.69) is 13.8 Å². The van der Waals surface area contributed by atoms with Crippen molar-refractivity contribution >= 4 is 0 Å². The molecule has 3 atom stereocenters. The van der Waals surface area contributed by atoms with Crippen molar-refractivity contribution in [3.05, 3.63) is 11.8 Å². The van der Waals surface area contributed by atoms with Crippen LogP contribution in [0.5, 0.6) is 0 Å². The van der Waals surface area contributed by atoms with E-state index in [1.807, 2.05) is 6.26 Å². The highest BCUT2D eigenvalue weighted by Gasteiger charge is 2.24. The highest BCUT2D eigenvalue weighted by atomic mass is 16.5. The first kappa shape index (κ1) is 10.0. The van der Waals surface area contributed by atoms with Gasteiger partial charge in [0.1, 0.15) is 0 Å². The van der Waals surface area contributed by atoms with E-state index in [1.54, 1.807) is 0 Å². The Kier molecular flexibility index (Phi) is 3.12. The highest BCUT2D eigenvalue weighted by Crippen LogP contribution is 2.28. The lowest BCUT2D eigenvalue weighted by Gasteiger charge is -2.31. The van der Waals surface area contributed by atoms with Crippen LogP contribution in [-0.2, 0) is 9.47 Å². The summed E-state index contributed by atoms with van der Waals surface area (Å²) < 4.78 is 11.3. The van der Waals surface area contributed by atoms with Crippen LogP contribution in [0.4, 0.5) is 0 Å². The summed E-state index contributed by atoms with van der Waals surface area (Å²) in [5, 5.41) is 0. The van der Waals surface area contributed by atoms with Gasteiger partial charge in [-0.15, -0.1) is 0 Å². The zero-order valence-electron chi connectivity index (χ0n) is 9.16. The summed E-state index contributed by atoms with van der Waals surface area (Å²) in [6.07, 6.45) is 7.43. The lowest BCUT2D eigenvalue weighted by molar-refractivity contribution is 0.000852. The smallest absolute Gasteiger partial charge is 0.0953 e. The first-order valence-corrected chi connectivity index (χ1v) is 5.71. The Balaban J connectivity index is 1.89. The van der Waals surface area contributed by atoms with Gasteiger partial charge in [-0.2, -0.15) is 0 Å². The van der Waals surface area contributed by atoms with Crippen molar-refractivity contribution in [3.63, 3.8) is 0 Å². The van der Waals surface area contributed by atoms with Gasteiger partial charge in [-0.3, -0.25) is 0 Å². The second-order valence-electron chi connectivity index (χ2n) is 4.68. The Labute approximate surface area is 86.3 Å². The maximum absolute atomic E-state index is 5.82. The zero-order valence-corrected chi connectivity index (χ0v) is 9.16. The van der Waals surface area contributed by atoms with Gasteiger partial charge in [-0.1, -0.05) is 6.92 Å². The summed E-state index contributed by atoms with van der Waals surface area (Å²) in [5.74, 6) is 0.732. The minimum absolute atomic E-state index is 0.346. The van der Waals surface area contributed by atoms with Crippen LogP contribution in [0, 0.1) is 5.92 Å². The molecule has 0 aromatic heterocycles. The maximum Gasteiger partial charge on any atom is 0.0953 e. The summed E-state index contributed by atoms with van der Waals surface area (Å²) in [7, 11) is 0. The molecule has 2 aliphatic heterocycles. The number of rotatable bonds is 1. The van der Waals surface area contributed by atoms with Gasteiger partial charge in [0.15, 0.2) is 0 Å². The molecular formula is C12H20O2. The second kappa shape index (κ2) is 4.35. The molecule has 0 amide bonds. The molecule has 3 unspecified atom stereocenters. The lowest BCUT2D eigenvalue weighted by Crippen LogP contribution is -2.28. The van der Waals surface area contributed by atoms with Gasteiger partial charge in [0.05, 0.1) is 18.5 Å². The molecule has 1 saturated heterocycles. The molecule has 80 valence electrons. The van der Waals surface area contributed by atoms with E-state index in [4.69, 9.17) is 9.47 Å². The van der Waals surface area contributed by atoms with Crippen LogP contribution in [0.15, 0.2) is 11.8 Å². The molecule has 0 radical (unpaired) electrons. The highest BCUT2D eigenvalue weighted by molar-refractivity contribution is 5.08. The monoisotopic (exact) mass is 196 g/mol. The van der Waals surface area contributed by atoms with E-state index < -0.39 is 0 Å². The summed E-state index contributed by atoms with van der Waals surface area (Å²) in [6.45, 7) is 5.29. The van der Waals surface area contributed by atoms with Crippen LogP contribution in [0.2, 0.25) is 0 Å². The molecule has 14 heavy (non-hydrogen) atoms. The summed E-state index contributed by atoms with van der Waals surface area (Å²) >= 11 is 0. The Hall–Kier alpha value is -0.500. The van der Waals surface area contributed by atoms with Crippen molar-refractivity contribution < 1.29 is 9.47 Å². The molecule has 0 aromatic carbocycles. The second-order valence-corrected chi connectivity index (χ2v) is 4.68. The summed E-state index contributed by atoms with van der Waals surface area (Å²) in [5.41, 5.74) is 1.37. The van der Waals surface area contributed by atoms with E-state index in [0.717, 1.165) is 25.4 Å². The van der Waals surface area contributed by atoms with Gasteiger partial charge in [0.2, 0.25) is 0 Å². The van der Waals surface area contributed by atoms with E-state index in [1.165, 1.54) is 18.4 Å². The van der Waals surface area contributed by atoms with Gasteiger partial charge in [0.25, 0.3) is 0 Å². The first-order chi connectivity index (χ1) is 6.75. The molecule has 0 aliphatic carbocycles. The minimum Gasteiger partial charge on any atom is -0.498 e. The third-order valence-corrected chi connectivity index (χ3v) is 3.21. The SMILES string of the molecule is CC1CCC(C2=COC(C)CC2)OC1. The van der Waals surface area contributed by atoms with Crippen molar-refractivity contribution in [1.29, 1.82) is 0 Å². The van der Waals surface area contributed by atoms with Crippen LogP contribution in [0.1, 0.15) is 39.5 Å².